The number of allylic oxidation sites excluding steroid dienone is 1. The molecule has 8 heteroatoms. The highest BCUT2D eigenvalue weighted by Crippen LogP contribution is 2.45. The molecule has 2 aromatic rings. The van der Waals surface area contributed by atoms with Gasteiger partial charge in [-0.05, 0) is 5.56 Å². The van der Waals surface area contributed by atoms with Gasteiger partial charge in [-0.2, -0.15) is 5.26 Å². The number of H-pyrrole nitrogens is 1. The predicted octanol–water partition coefficient (Wildman–Crippen LogP) is 2.83. The Kier molecular flexibility index (Phi) is 3.72. The molecule has 3 N–H and O–H groups in total. The van der Waals surface area contributed by atoms with Crippen LogP contribution in [0.1, 0.15) is 43.5 Å². The molecule has 25 heavy (non-hydrogen) atoms. The van der Waals surface area contributed by atoms with Gasteiger partial charge in [0, 0.05) is 23.2 Å². The third kappa shape index (κ3) is 2.70. The monoisotopic (exact) mass is 339 g/mol. The van der Waals surface area contributed by atoms with Crippen molar-refractivity contribution in [1.82, 2.24) is 10.2 Å². The summed E-state index contributed by atoms with van der Waals surface area (Å²) in [6, 6.07) is 8.18. The number of ether oxygens (including phenoxy) is 1. The molecule has 1 aliphatic heterocycles. The lowest BCUT2D eigenvalue weighted by Gasteiger charge is -2.27. The van der Waals surface area contributed by atoms with E-state index in [1.165, 1.54) is 12.1 Å². The molecule has 0 amide bonds. The number of nitrogens with two attached hydrogens (primary N) is 1. The first-order chi connectivity index (χ1) is 11.7. The minimum absolute atomic E-state index is 0.00897. The smallest absolute Gasteiger partial charge is 0.269 e. The van der Waals surface area contributed by atoms with Crippen molar-refractivity contribution >= 4 is 5.69 Å². The fourth-order valence-electron chi connectivity index (χ4n) is 2.94. The van der Waals surface area contributed by atoms with E-state index in [1.54, 1.807) is 12.1 Å². The number of rotatable bonds is 2. The number of nitro groups is 1. The maximum Gasteiger partial charge on any atom is 0.269 e. The number of hydrogen-bond donors (Lipinski definition) is 2. The quantitative estimate of drug-likeness (QED) is 0.639. The molecule has 1 aliphatic rings. The maximum atomic E-state index is 10.9. The number of non-ortho nitro benzene ring substituents is 1. The van der Waals surface area contributed by atoms with Crippen LogP contribution in [0, 0.1) is 21.4 Å². The summed E-state index contributed by atoms with van der Waals surface area (Å²) in [5, 5.41) is 27.6. The Labute approximate surface area is 144 Å². The molecule has 0 radical (unpaired) electrons. The first kappa shape index (κ1) is 16.5. The van der Waals surface area contributed by atoms with Gasteiger partial charge in [0.2, 0.25) is 11.8 Å². The van der Waals surface area contributed by atoms with Crippen molar-refractivity contribution in [3.05, 3.63) is 62.7 Å². The number of nitriles is 1. The predicted molar refractivity (Wildman–Crippen MR) is 89.7 cm³/mol. The van der Waals surface area contributed by atoms with Crippen LogP contribution >= 0.6 is 0 Å². The van der Waals surface area contributed by atoms with Gasteiger partial charge in [-0.15, -0.1) is 5.10 Å². The number of nitrogens with one attached hydrogen (secondary N) is 1. The van der Waals surface area contributed by atoms with Gasteiger partial charge in [-0.3, -0.25) is 15.2 Å². The minimum Gasteiger partial charge on any atom is -0.420 e. The Hall–Kier alpha value is -3.34. The second kappa shape index (κ2) is 5.63. The highest BCUT2D eigenvalue weighted by Gasteiger charge is 2.38. The summed E-state index contributed by atoms with van der Waals surface area (Å²) in [4.78, 5) is 10.4. The van der Waals surface area contributed by atoms with E-state index in [2.05, 4.69) is 16.3 Å². The van der Waals surface area contributed by atoms with Crippen LogP contribution in [0.25, 0.3) is 0 Å². The highest BCUT2D eigenvalue weighted by atomic mass is 16.6. The summed E-state index contributed by atoms with van der Waals surface area (Å²) in [7, 11) is 0. The average molecular weight is 339 g/mol. The van der Waals surface area contributed by atoms with E-state index < -0.39 is 10.8 Å². The fourth-order valence-corrected chi connectivity index (χ4v) is 2.94. The highest BCUT2D eigenvalue weighted by molar-refractivity contribution is 5.56. The van der Waals surface area contributed by atoms with E-state index in [1.807, 2.05) is 20.8 Å². The molecule has 8 nitrogen and oxygen atoms in total. The van der Waals surface area contributed by atoms with E-state index in [4.69, 9.17) is 10.5 Å². The zero-order valence-electron chi connectivity index (χ0n) is 14.0. The molecule has 1 aromatic carbocycles. The first-order valence-electron chi connectivity index (χ1n) is 7.64. The number of aromatic nitrogens is 2. The third-order valence-electron chi connectivity index (χ3n) is 4.13. The molecule has 0 saturated heterocycles. The van der Waals surface area contributed by atoms with Gasteiger partial charge in [0.05, 0.1) is 16.4 Å². The molecule has 3 rings (SSSR count). The summed E-state index contributed by atoms with van der Waals surface area (Å²) in [5.74, 6) is -0.183. The van der Waals surface area contributed by atoms with Crippen molar-refractivity contribution < 1.29 is 9.66 Å². The van der Waals surface area contributed by atoms with Crippen LogP contribution in [-0.2, 0) is 5.41 Å². The molecule has 0 aliphatic carbocycles. The number of nitrogens with zero attached hydrogens (tertiary/aromatic N) is 3. The Bertz CT molecular complexity index is 913. The normalized spacial score (nSPS) is 16.8. The SMILES string of the molecule is CC(C)(C)c1[nH]nc2c1[C@@H](c1ccc([N+](=O)[O-])cc1)C(C#N)=C(N)O2. The van der Waals surface area contributed by atoms with Crippen LogP contribution in [0.5, 0.6) is 5.88 Å². The van der Waals surface area contributed by atoms with E-state index in [9.17, 15) is 15.4 Å². The van der Waals surface area contributed by atoms with Crippen molar-refractivity contribution in [1.29, 1.82) is 5.26 Å². The van der Waals surface area contributed by atoms with Gasteiger partial charge in [0.15, 0.2) is 0 Å². The van der Waals surface area contributed by atoms with Crippen molar-refractivity contribution in [2.45, 2.75) is 32.1 Å². The fraction of sp³-hybridized carbons (Fsp3) is 0.294. The van der Waals surface area contributed by atoms with Gasteiger partial charge < -0.3 is 10.5 Å². The first-order valence-corrected chi connectivity index (χ1v) is 7.64. The van der Waals surface area contributed by atoms with Crippen molar-refractivity contribution in [3.8, 4) is 11.9 Å². The molecular weight excluding hydrogens is 322 g/mol. The van der Waals surface area contributed by atoms with Crippen LogP contribution < -0.4 is 10.5 Å². The van der Waals surface area contributed by atoms with Crippen LogP contribution in [0.2, 0.25) is 0 Å². The summed E-state index contributed by atoms with van der Waals surface area (Å²) >= 11 is 0. The Morgan fingerprint density at radius 3 is 2.52 bits per heavy atom. The number of hydrogen-bond acceptors (Lipinski definition) is 6. The van der Waals surface area contributed by atoms with Crippen LogP contribution in [0.3, 0.4) is 0 Å². The van der Waals surface area contributed by atoms with Gasteiger partial charge in [0.1, 0.15) is 11.6 Å². The maximum absolute atomic E-state index is 10.9. The Balaban J connectivity index is 2.22. The second-order valence-electron chi connectivity index (χ2n) is 6.84. The van der Waals surface area contributed by atoms with Crippen molar-refractivity contribution in [3.63, 3.8) is 0 Å². The molecule has 128 valence electrons. The lowest BCUT2D eigenvalue weighted by Crippen LogP contribution is -2.23. The van der Waals surface area contributed by atoms with Gasteiger partial charge in [0.25, 0.3) is 5.69 Å². The molecule has 0 unspecified atom stereocenters. The van der Waals surface area contributed by atoms with Crippen LogP contribution in [0.4, 0.5) is 5.69 Å². The lowest BCUT2D eigenvalue weighted by molar-refractivity contribution is -0.384. The minimum atomic E-state index is -0.498. The van der Waals surface area contributed by atoms with Gasteiger partial charge in [-0.1, -0.05) is 32.9 Å². The standard InChI is InChI=1S/C17H17N5O3/c1-17(2,3)14-13-12(9-4-6-10(7-5-9)22(23)24)11(8-18)15(19)25-16(13)21-20-14/h4-7,12H,19H2,1-3H3,(H,20,21)/t12-/m0/s1. The summed E-state index contributed by atoms with van der Waals surface area (Å²) in [6.45, 7) is 6.05. The van der Waals surface area contributed by atoms with E-state index >= 15 is 0 Å². The number of aromatic amines is 1. The zero-order valence-corrected chi connectivity index (χ0v) is 14.0. The van der Waals surface area contributed by atoms with Crippen LogP contribution in [-0.4, -0.2) is 15.1 Å². The van der Waals surface area contributed by atoms with E-state index in [0.717, 1.165) is 11.3 Å². The second-order valence-corrected chi connectivity index (χ2v) is 6.84. The summed E-state index contributed by atoms with van der Waals surface area (Å²) in [6.07, 6.45) is 0. The molecule has 2 heterocycles. The molecule has 1 aromatic heterocycles. The number of nitro benzene ring substituents is 1. The molecule has 0 saturated carbocycles. The average Bonchev–Trinajstić information content (AvgIpc) is 2.97. The molecule has 0 spiro atoms. The summed E-state index contributed by atoms with van der Waals surface area (Å²) < 4.78 is 5.51. The number of fused-ring (bicyclic) bond motifs is 1. The van der Waals surface area contributed by atoms with Gasteiger partial charge >= 0.3 is 0 Å². The third-order valence-corrected chi connectivity index (χ3v) is 4.13. The van der Waals surface area contributed by atoms with E-state index in [0.29, 0.717) is 11.4 Å². The summed E-state index contributed by atoms with van der Waals surface area (Å²) in [5.41, 5.74) is 8.14. The van der Waals surface area contributed by atoms with E-state index in [-0.39, 0.29) is 22.6 Å². The largest absolute Gasteiger partial charge is 0.420 e. The zero-order chi connectivity index (χ0) is 18.4. The van der Waals surface area contributed by atoms with Gasteiger partial charge in [-0.25, -0.2) is 0 Å². The molecule has 1 atom stereocenters. The van der Waals surface area contributed by atoms with Crippen LogP contribution in [0.15, 0.2) is 35.7 Å². The van der Waals surface area contributed by atoms with Crippen molar-refractivity contribution in [2.75, 3.05) is 0 Å². The number of benzene rings is 1. The lowest BCUT2D eigenvalue weighted by atomic mass is 9.79. The molecule has 0 fully saturated rings. The topological polar surface area (TPSA) is 131 Å². The Morgan fingerprint density at radius 1 is 1.36 bits per heavy atom. The molecular formula is C17H17N5O3. The van der Waals surface area contributed by atoms with Crippen molar-refractivity contribution in [2.24, 2.45) is 5.73 Å². The molecule has 0 bridgehead atoms. The Morgan fingerprint density at radius 2 is 2.00 bits per heavy atom.